The van der Waals surface area contributed by atoms with E-state index >= 15 is 0 Å². The molecule has 0 bridgehead atoms. The monoisotopic (exact) mass is 210 g/mol. The van der Waals surface area contributed by atoms with Crippen molar-refractivity contribution in [2.24, 2.45) is 0 Å². The molecule has 0 aliphatic rings. The Bertz CT molecular complexity index is 557. The fourth-order valence-corrected chi connectivity index (χ4v) is 1.32. The molecule has 0 fully saturated rings. The second kappa shape index (κ2) is 3.12. The summed E-state index contributed by atoms with van der Waals surface area (Å²) in [6, 6.07) is 2.79. The molecule has 0 saturated heterocycles. The molecule has 0 atom stereocenters. The van der Waals surface area contributed by atoms with Crippen molar-refractivity contribution in [3.8, 4) is 0 Å². The van der Waals surface area contributed by atoms with Gasteiger partial charge in [0.25, 0.3) is 11.5 Å². The third-order valence-electron chi connectivity index (χ3n) is 2.11. The minimum atomic E-state index is -2.99. The lowest BCUT2D eigenvalue weighted by molar-refractivity contribution is 0.0129. The maximum absolute atomic E-state index is 12.9. The summed E-state index contributed by atoms with van der Waals surface area (Å²) >= 11 is 0. The molecule has 0 aliphatic carbocycles. The van der Waals surface area contributed by atoms with Crippen LogP contribution in [-0.4, -0.2) is 9.97 Å². The van der Waals surface area contributed by atoms with Crippen LogP contribution in [0.15, 0.2) is 29.3 Å². The SMILES string of the molecule is CC(F)(F)c1cc2cc[nH]c(=O)c2cn1. The Labute approximate surface area is 83.8 Å². The molecule has 3 nitrogen and oxygen atoms in total. The summed E-state index contributed by atoms with van der Waals surface area (Å²) in [7, 11) is 0. The van der Waals surface area contributed by atoms with Crippen LogP contribution in [0.4, 0.5) is 8.78 Å². The van der Waals surface area contributed by atoms with Crippen molar-refractivity contribution < 1.29 is 8.78 Å². The van der Waals surface area contributed by atoms with Gasteiger partial charge < -0.3 is 4.98 Å². The summed E-state index contributed by atoms with van der Waals surface area (Å²) in [5.74, 6) is -2.99. The smallest absolute Gasteiger partial charge is 0.286 e. The lowest BCUT2D eigenvalue weighted by Crippen LogP contribution is -2.11. The lowest BCUT2D eigenvalue weighted by atomic mass is 10.1. The number of halogens is 2. The highest BCUT2D eigenvalue weighted by atomic mass is 19.3. The van der Waals surface area contributed by atoms with Gasteiger partial charge >= 0.3 is 0 Å². The van der Waals surface area contributed by atoms with Gasteiger partial charge in [-0.05, 0) is 17.5 Å². The van der Waals surface area contributed by atoms with E-state index in [4.69, 9.17) is 0 Å². The van der Waals surface area contributed by atoms with E-state index < -0.39 is 5.92 Å². The van der Waals surface area contributed by atoms with Crippen LogP contribution in [0, 0.1) is 0 Å². The van der Waals surface area contributed by atoms with Gasteiger partial charge in [0.2, 0.25) is 0 Å². The molecule has 78 valence electrons. The van der Waals surface area contributed by atoms with Crippen molar-refractivity contribution in [2.75, 3.05) is 0 Å². The normalized spacial score (nSPS) is 11.9. The van der Waals surface area contributed by atoms with E-state index in [1.807, 2.05) is 0 Å². The second-order valence-corrected chi connectivity index (χ2v) is 3.35. The lowest BCUT2D eigenvalue weighted by Gasteiger charge is -2.09. The number of hydrogen-bond donors (Lipinski definition) is 1. The number of fused-ring (bicyclic) bond motifs is 1. The van der Waals surface area contributed by atoms with E-state index in [0.29, 0.717) is 10.8 Å². The van der Waals surface area contributed by atoms with Gasteiger partial charge in [-0.3, -0.25) is 9.78 Å². The quantitative estimate of drug-likeness (QED) is 0.782. The van der Waals surface area contributed by atoms with E-state index in [0.717, 1.165) is 6.92 Å². The van der Waals surface area contributed by atoms with E-state index in [2.05, 4.69) is 9.97 Å². The third kappa shape index (κ3) is 1.72. The number of nitrogens with one attached hydrogen (secondary N) is 1. The first-order valence-electron chi connectivity index (χ1n) is 4.34. The molecule has 2 heterocycles. The fourth-order valence-electron chi connectivity index (χ4n) is 1.32. The van der Waals surface area contributed by atoms with Crippen molar-refractivity contribution in [2.45, 2.75) is 12.8 Å². The minimum Gasteiger partial charge on any atom is -0.329 e. The molecular formula is C10H8F2N2O. The second-order valence-electron chi connectivity index (χ2n) is 3.35. The number of aromatic amines is 1. The highest BCUT2D eigenvalue weighted by Crippen LogP contribution is 2.26. The number of hydrogen-bond acceptors (Lipinski definition) is 2. The molecular weight excluding hydrogens is 202 g/mol. The van der Waals surface area contributed by atoms with Gasteiger partial charge in [0.1, 0.15) is 5.69 Å². The maximum atomic E-state index is 12.9. The van der Waals surface area contributed by atoms with Gasteiger partial charge in [-0.15, -0.1) is 0 Å². The van der Waals surface area contributed by atoms with E-state index in [1.54, 1.807) is 6.07 Å². The van der Waals surface area contributed by atoms with Crippen LogP contribution in [0.2, 0.25) is 0 Å². The number of pyridine rings is 2. The highest BCUT2D eigenvalue weighted by molar-refractivity contribution is 5.80. The first-order chi connectivity index (χ1) is 6.98. The largest absolute Gasteiger partial charge is 0.329 e. The molecule has 0 spiro atoms. The summed E-state index contributed by atoms with van der Waals surface area (Å²) in [5.41, 5.74) is -0.661. The molecule has 0 aromatic carbocycles. The zero-order chi connectivity index (χ0) is 11.1. The summed E-state index contributed by atoms with van der Waals surface area (Å²) in [4.78, 5) is 17.3. The Morgan fingerprint density at radius 3 is 2.87 bits per heavy atom. The molecule has 2 rings (SSSR count). The Balaban J connectivity index is 2.73. The number of nitrogens with zero attached hydrogens (tertiary/aromatic N) is 1. The summed E-state index contributed by atoms with van der Waals surface area (Å²) in [5, 5.41) is 0.774. The maximum Gasteiger partial charge on any atom is 0.286 e. The van der Waals surface area contributed by atoms with Crippen molar-refractivity contribution in [1.82, 2.24) is 9.97 Å². The molecule has 0 aliphatic heterocycles. The first kappa shape index (κ1) is 9.76. The molecule has 1 N–H and O–H groups in total. The van der Waals surface area contributed by atoms with Gasteiger partial charge in [0.05, 0.1) is 5.39 Å². The number of aromatic nitrogens is 2. The number of alkyl halides is 2. The summed E-state index contributed by atoms with van der Waals surface area (Å²) in [6.07, 6.45) is 2.59. The molecule has 2 aromatic rings. The Hall–Kier alpha value is -1.78. The predicted molar refractivity (Wildman–Crippen MR) is 51.9 cm³/mol. The van der Waals surface area contributed by atoms with Gasteiger partial charge in [0, 0.05) is 19.3 Å². The van der Waals surface area contributed by atoms with Gasteiger partial charge in [-0.25, -0.2) is 0 Å². The number of rotatable bonds is 1. The van der Waals surface area contributed by atoms with Crippen molar-refractivity contribution >= 4 is 10.8 Å². The Morgan fingerprint density at radius 2 is 2.20 bits per heavy atom. The third-order valence-corrected chi connectivity index (χ3v) is 2.11. The van der Waals surface area contributed by atoms with Crippen molar-refractivity contribution in [3.05, 3.63) is 40.6 Å². The first-order valence-corrected chi connectivity index (χ1v) is 4.34. The van der Waals surface area contributed by atoms with Crippen LogP contribution in [0.5, 0.6) is 0 Å². The van der Waals surface area contributed by atoms with Gasteiger partial charge in [-0.1, -0.05) is 0 Å². The van der Waals surface area contributed by atoms with E-state index in [1.165, 1.54) is 18.5 Å². The van der Waals surface area contributed by atoms with Crippen molar-refractivity contribution in [1.29, 1.82) is 0 Å². The zero-order valence-corrected chi connectivity index (χ0v) is 7.92. The molecule has 5 heteroatoms. The molecule has 0 unspecified atom stereocenters. The highest BCUT2D eigenvalue weighted by Gasteiger charge is 2.26. The molecule has 0 radical (unpaired) electrons. The minimum absolute atomic E-state index is 0.311. The Morgan fingerprint density at radius 1 is 1.47 bits per heavy atom. The van der Waals surface area contributed by atoms with Gasteiger partial charge in [0.15, 0.2) is 0 Å². The fraction of sp³-hybridized carbons (Fsp3) is 0.200. The van der Waals surface area contributed by atoms with E-state index in [-0.39, 0.29) is 11.3 Å². The summed E-state index contributed by atoms with van der Waals surface area (Å²) in [6.45, 7) is 0.772. The average Bonchev–Trinajstić information content (AvgIpc) is 2.16. The molecule has 0 amide bonds. The van der Waals surface area contributed by atoms with E-state index in [9.17, 15) is 13.6 Å². The van der Waals surface area contributed by atoms with Crippen LogP contribution in [0.1, 0.15) is 12.6 Å². The standard InChI is InChI=1S/C10H8F2N2O/c1-10(11,12)8-4-6-2-3-13-9(15)7(6)5-14-8/h2-5H,1H3,(H,13,15). The Kier molecular flexibility index (Phi) is 2.03. The van der Waals surface area contributed by atoms with Gasteiger partial charge in [-0.2, -0.15) is 8.78 Å². The van der Waals surface area contributed by atoms with Crippen LogP contribution in [-0.2, 0) is 5.92 Å². The van der Waals surface area contributed by atoms with Crippen LogP contribution < -0.4 is 5.56 Å². The predicted octanol–water partition coefficient (Wildman–Crippen LogP) is 2.03. The molecule has 2 aromatic heterocycles. The number of H-pyrrole nitrogens is 1. The van der Waals surface area contributed by atoms with Crippen molar-refractivity contribution in [3.63, 3.8) is 0 Å². The molecule has 15 heavy (non-hydrogen) atoms. The zero-order valence-electron chi connectivity index (χ0n) is 7.92. The molecule has 0 saturated carbocycles. The van der Waals surface area contributed by atoms with Crippen LogP contribution in [0.3, 0.4) is 0 Å². The summed E-state index contributed by atoms with van der Waals surface area (Å²) < 4.78 is 25.9. The van der Waals surface area contributed by atoms with Crippen LogP contribution in [0.25, 0.3) is 10.8 Å². The average molecular weight is 210 g/mol. The van der Waals surface area contributed by atoms with Crippen LogP contribution >= 0.6 is 0 Å². The topological polar surface area (TPSA) is 45.8 Å².